The van der Waals surface area contributed by atoms with E-state index in [1.807, 2.05) is 0 Å². The molecule has 1 unspecified atom stereocenters. The van der Waals surface area contributed by atoms with Crippen LogP contribution in [-0.4, -0.2) is 59.1 Å². The molecule has 3 N–H and O–H groups in total. The van der Waals surface area contributed by atoms with E-state index in [2.05, 4.69) is 27.1 Å². The molecule has 1 aliphatic carbocycles. The number of benzene rings is 2. The Morgan fingerprint density at radius 3 is 2.67 bits per heavy atom. The number of amides is 2. The van der Waals surface area contributed by atoms with Crippen LogP contribution in [-0.2, 0) is 9.53 Å². The molecule has 2 aromatic carbocycles. The first-order valence-electron chi connectivity index (χ1n) is 13.6. The maximum absolute atomic E-state index is 14.9. The molecule has 2 amide bonds. The summed E-state index contributed by atoms with van der Waals surface area (Å²) in [5.41, 5.74) is 7.98. The van der Waals surface area contributed by atoms with Gasteiger partial charge in [-0.1, -0.05) is 12.0 Å². The van der Waals surface area contributed by atoms with Crippen LogP contribution in [0.25, 0.3) is 11.3 Å². The third kappa shape index (κ3) is 6.04. The van der Waals surface area contributed by atoms with Crippen LogP contribution in [0.2, 0.25) is 0 Å². The van der Waals surface area contributed by atoms with Gasteiger partial charge < -0.3 is 25.4 Å². The number of hydrogen-bond donors (Lipinski definition) is 2. The minimum absolute atomic E-state index is 0.0135. The van der Waals surface area contributed by atoms with Crippen molar-refractivity contribution in [1.82, 2.24) is 14.9 Å². The number of carbonyl (C=O) groups is 2. The van der Waals surface area contributed by atoms with Gasteiger partial charge in [0.25, 0.3) is 11.8 Å². The quantitative estimate of drug-likeness (QED) is 0.381. The standard InChI is InChI=1S/C31H31F2N5O4/c1-4-5-27(39)38-14-22(41-3)13-21(38)15-42-29-28(35-16-36-30(29)34)24-11-20(32)12-26(17(24)2)37-31(40)23-9-8-19(10-25(23)33)18-6-7-18/h8-12,16,18,21-22H,6-7,13-15H2,1-3H3,(H,37,40)(H2,34,35,36)/t21?,22-/m0/s1. The fourth-order valence-corrected chi connectivity index (χ4v) is 5.16. The van der Waals surface area contributed by atoms with E-state index in [4.69, 9.17) is 15.2 Å². The van der Waals surface area contributed by atoms with Gasteiger partial charge in [-0.05, 0) is 80.3 Å². The van der Waals surface area contributed by atoms with Crippen molar-refractivity contribution < 1.29 is 27.8 Å². The monoisotopic (exact) mass is 575 g/mol. The molecule has 11 heteroatoms. The van der Waals surface area contributed by atoms with Gasteiger partial charge in [-0.15, -0.1) is 0 Å². The molecule has 0 spiro atoms. The maximum Gasteiger partial charge on any atom is 0.298 e. The molecule has 9 nitrogen and oxygen atoms in total. The molecule has 2 heterocycles. The molecule has 5 rings (SSSR count). The molecule has 1 saturated carbocycles. The Morgan fingerprint density at radius 1 is 1.19 bits per heavy atom. The van der Waals surface area contributed by atoms with E-state index in [1.165, 1.54) is 24.5 Å². The topological polar surface area (TPSA) is 120 Å². The molecule has 1 saturated heterocycles. The van der Waals surface area contributed by atoms with Crippen LogP contribution in [0.5, 0.6) is 5.75 Å². The predicted molar refractivity (Wildman–Crippen MR) is 153 cm³/mol. The zero-order valence-electron chi connectivity index (χ0n) is 23.5. The summed E-state index contributed by atoms with van der Waals surface area (Å²) in [5.74, 6) is 3.27. The van der Waals surface area contributed by atoms with Gasteiger partial charge in [0.1, 0.15) is 30.3 Å². The minimum atomic E-state index is -0.706. The van der Waals surface area contributed by atoms with E-state index < -0.39 is 17.5 Å². The fourth-order valence-electron chi connectivity index (χ4n) is 5.16. The Hall–Kier alpha value is -4.56. The molecule has 1 aliphatic heterocycles. The van der Waals surface area contributed by atoms with Gasteiger partial charge >= 0.3 is 0 Å². The van der Waals surface area contributed by atoms with Crippen molar-refractivity contribution in [3.63, 3.8) is 0 Å². The van der Waals surface area contributed by atoms with Crippen LogP contribution in [0.15, 0.2) is 36.7 Å². The van der Waals surface area contributed by atoms with E-state index in [0.717, 1.165) is 24.5 Å². The van der Waals surface area contributed by atoms with Gasteiger partial charge in [-0.2, -0.15) is 0 Å². The van der Waals surface area contributed by atoms with Gasteiger partial charge in [-0.3, -0.25) is 9.59 Å². The van der Waals surface area contributed by atoms with Crippen molar-refractivity contribution in [3.05, 3.63) is 65.0 Å². The summed E-state index contributed by atoms with van der Waals surface area (Å²) in [6, 6.07) is 6.61. The Morgan fingerprint density at radius 2 is 1.98 bits per heavy atom. The number of likely N-dealkylation sites (tertiary alicyclic amines) is 1. The van der Waals surface area contributed by atoms with Crippen LogP contribution in [0.1, 0.15) is 53.6 Å². The first-order chi connectivity index (χ1) is 20.2. The maximum atomic E-state index is 14.9. The number of rotatable bonds is 8. The lowest BCUT2D eigenvalue weighted by molar-refractivity contribution is -0.126. The fraction of sp³-hybridized carbons (Fsp3) is 0.355. The molecule has 218 valence electrons. The van der Waals surface area contributed by atoms with Gasteiger partial charge in [0, 0.05) is 24.9 Å². The highest BCUT2D eigenvalue weighted by Gasteiger charge is 2.36. The van der Waals surface area contributed by atoms with Crippen LogP contribution in [0, 0.1) is 30.4 Å². The van der Waals surface area contributed by atoms with Crippen molar-refractivity contribution in [2.75, 3.05) is 31.3 Å². The largest absolute Gasteiger partial charge is 0.485 e. The first-order valence-corrected chi connectivity index (χ1v) is 13.6. The second-order valence-corrected chi connectivity index (χ2v) is 10.4. The number of carbonyl (C=O) groups excluding carboxylic acids is 2. The van der Waals surface area contributed by atoms with E-state index in [1.54, 1.807) is 31.9 Å². The molecule has 2 atom stereocenters. The molecule has 2 aliphatic rings. The molecule has 42 heavy (non-hydrogen) atoms. The molecule has 3 aromatic rings. The first kappa shape index (κ1) is 29.0. The molecule has 2 fully saturated rings. The smallest absolute Gasteiger partial charge is 0.298 e. The molecule has 0 bridgehead atoms. The number of nitrogens with two attached hydrogens (primary N) is 1. The third-order valence-electron chi connectivity index (χ3n) is 7.62. The zero-order valence-corrected chi connectivity index (χ0v) is 23.5. The second kappa shape index (κ2) is 12.1. The van der Waals surface area contributed by atoms with Gasteiger partial charge in [0.2, 0.25) is 0 Å². The van der Waals surface area contributed by atoms with Crippen LogP contribution >= 0.6 is 0 Å². The summed E-state index contributed by atoms with van der Waals surface area (Å²) in [5, 5.41) is 2.63. The lowest BCUT2D eigenvalue weighted by atomic mass is 10.0. The van der Waals surface area contributed by atoms with Crippen molar-refractivity contribution >= 4 is 23.3 Å². The minimum Gasteiger partial charge on any atom is -0.485 e. The van der Waals surface area contributed by atoms with Gasteiger partial charge in [-0.25, -0.2) is 18.7 Å². The SMILES string of the molecule is CC#CC(=O)N1C[C@@H](OC)CC1COc1c(N)ncnc1-c1cc(F)cc(NC(=O)c2ccc(C3CC3)cc2F)c1C. The Bertz CT molecular complexity index is 1600. The highest BCUT2D eigenvalue weighted by atomic mass is 19.1. The number of methoxy groups -OCH3 is 1. The highest BCUT2D eigenvalue weighted by molar-refractivity contribution is 6.05. The van der Waals surface area contributed by atoms with Crippen LogP contribution in [0.4, 0.5) is 20.3 Å². The Balaban J connectivity index is 1.41. The van der Waals surface area contributed by atoms with Crippen molar-refractivity contribution in [1.29, 1.82) is 0 Å². The number of hydrogen-bond acceptors (Lipinski definition) is 7. The van der Waals surface area contributed by atoms with Crippen molar-refractivity contribution in [2.24, 2.45) is 0 Å². The summed E-state index contributed by atoms with van der Waals surface area (Å²) < 4.78 is 41.2. The van der Waals surface area contributed by atoms with Gasteiger partial charge in [0.15, 0.2) is 11.6 Å². The van der Waals surface area contributed by atoms with E-state index in [0.29, 0.717) is 30.0 Å². The summed E-state index contributed by atoms with van der Waals surface area (Å²) in [6.07, 6.45) is 3.57. The molecular formula is C31H31F2N5O4. The summed E-state index contributed by atoms with van der Waals surface area (Å²) in [7, 11) is 1.57. The zero-order chi connectivity index (χ0) is 30.0. The average molecular weight is 576 g/mol. The lowest BCUT2D eigenvalue weighted by Gasteiger charge is -2.23. The van der Waals surface area contributed by atoms with Crippen LogP contribution < -0.4 is 15.8 Å². The summed E-state index contributed by atoms with van der Waals surface area (Å²) in [4.78, 5) is 35.5. The number of halogens is 2. The van der Waals surface area contributed by atoms with E-state index >= 15 is 0 Å². The normalized spacial score (nSPS) is 17.9. The number of ether oxygens (including phenoxy) is 2. The van der Waals surface area contributed by atoms with E-state index in [-0.39, 0.29) is 53.2 Å². The predicted octanol–water partition coefficient (Wildman–Crippen LogP) is 4.46. The molecular weight excluding hydrogens is 544 g/mol. The van der Waals surface area contributed by atoms with Gasteiger partial charge in [0.05, 0.1) is 17.7 Å². The average Bonchev–Trinajstić information content (AvgIpc) is 3.73. The Labute approximate surface area is 242 Å². The van der Waals surface area contributed by atoms with Crippen molar-refractivity contribution in [2.45, 2.75) is 51.2 Å². The number of nitrogens with one attached hydrogen (secondary N) is 1. The van der Waals surface area contributed by atoms with Crippen molar-refractivity contribution in [3.8, 4) is 28.8 Å². The van der Waals surface area contributed by atoms with E-state index in [9.17, 15) is 18.4 Å². The third-order valence-corrected chi connectivity index (χ3v) is 7.62. The Kier molecular flexibility index (Phi) is 8.36. The molecule has 1 aromatic heterocycles. The number of anilines is 2. The second-order valence-electron chi connectivity index (χ2n) is 10.4. The summed E-state index contributed by atoms with van der Waals surface area (Å²) in [6.45, 7) is 3.65. The number of nitrogen functional groups attached to an aromatic ring is 1. The molecule has 0 radical (unpaired) electrons. The number of aromatic nitrogens is 2. The van der Waals surface area contributed by atoms with Crippen LogP contribution in [0.3, 0.4) is 0 Å². The number of nitrogens with zero attached hydrogens (tertiary/aromatic N) is 3. The highest BCUT2D eigenvalue weighted by Crippen LogP contribution is 2.41. The lowest BCUT2D eigenvalue weighted by Crippen LogP contribution is -2.38. The summed E-state index contributed by atoms with van der Waals surface area (Å²) >= 11 is 0.